The van der Waals surface area contributed by atoms with Gasteiger partial charge in [-0.3, -0.25) is 0 Å². The van der Waals surface area contributed by atoms with E-state index in [0.29, 0.717) is 17.4 Å². The molecule has 3 heteroatoms. The lowest BCUT2D eigenvalue weighted by Crippen LogP contribution is -2.27. The van der Waals surface area contributed by atoms with Gasteiger partial charge >= 0.3 is 0 Å². The Morgan fingerprint density at radius 1 is 0.640 bits per heavy atom. The van der Waals surface area contributed by atoms with Gasteiger partial charge in [0.1, 0.15) is 0 Å². The summed E-state index contributed by atoms with van der Waals surface area (Å²) in [4.78, 5) is 5.60. The van der Waals surface area contributed by atoms with Gasteiger partial charge in [-0.25, -0.2) is 0 Å². The van der Waals surface area contributed by atoms with Crippen molar-refractivity contribution in [2.45, 2.75) is 29.3 Å². The second-order valence-corrected chi connectivity index (χ2v) is 17.5. The Labute approximate surface area is 300 Å². The van der Waals surface area contributed by atoms with E-state index in [-0.39, 0.29) is 0 Å². The van der Waals surface area contributed by atoms with Crippen molar-refractivity contribution in [2.24, 2.45) is 5.92 Å². The molecule has 0 saturated carbocycles. The maximum Gasteiger partial charge on any atom is 0.0906 e. The van der Waals surface area contributed by atoms with Crippen LogP contribution >= 0.6 is 11.8 Å². The zero-order chi connectivity index (χ0) is 33.2. The monoisotopic (exact) mass is 674 g/mol. The SMILES string of the molecule is C[Si]1C2=CCC3C(=C2C2C(N(c4ccc(-c5ccccc5)cc4)c4ccc(-c5ccc6ccccc6c5)cc4)=CC=CC21)Sc1ccccc13. The molecule has 3 atom stereocenters. The Morgan fingerprint density at radius 2 is 1.28 bits per heavy atom. The molecule has 0 spiro atoms. The molecule has 1 radical (unpaired) electrons. The fourth-order valence-corrected chi connectivity index (χ4v) is 12.9. The first-order chi connectivity index (χ1) is 24.7. The van der Waals surface area contributed by atoms with E-state index in [1.807, 2.05) is 11.8 Å². The highest BCUT2D eigenvalue weighted by Crippen LogP contribution is 2.62. The van der Waals surface area contributed by atoms with Crippen LogP contribution in [-0.4, -0.2) is 8.80 Å². The molecule has 2 aliphatic heterocycles. The van der Waals surface area contributed by atoms with Gasteiger partial charge in [0, 0.05) is 38.7 Å². The van der Waals surface area contributed by atoms with Gasteiger partial charge in [0.15, 0.2) is 0 Å². The predicted octanol–water partition coefficient (Wildman–Crippen LogP) is 12.9. The van der Waals surface area contributed by atoms with Gasteiger partial charge in [-0.1, -0.05) is 151 Å². The Bertz CT molecular complexity index is 2400. The van der Waals surface area contributed by atoms with E-state index in [0.717, 1.165) is 6.42 Å². The number of hydrogen-bond donors (Lipinski definition) is 0. The lowest BCUT2D eigenvalue weighted by Gasteiger charge is -2.36. The summed E-state index contributed by atoms with van der Waals surface area (Å²) in [5.74, 6) is 0.814. The van der Waals surface area contributed by atoms with E-state index in [9.17, 15) is 0 Å². The van der Waals surface area contributed by atoms with Gasteiger partial charge in [-0.15, -0.1) is 0 Å². The van der Waals surface area contributed by atoms with Gasteiger partial charge in [-0.05, 0) is 98.6 Å². The molecule has 50 heavy (non-hydrogen) atoms. The first-order valence-corrected chi connectivity index (χ1v) is 20.6. The molecule has 3 unspecified atom stereocenters. The fourth-order valence-electron chi connectivity index (χ4n) is 8.68. The van der Waals surface area contributed by atoms with Gasteiger partial charge < -0.3 is 4.90 Å². The summed E-state index contributed by atoms with van der Waals surface area (Å²) in [6, 6.07) is 53.7. The number of thioether (sulfide) groups is 1. The molecule has 6 aromatic rings. The van der Waals surface area contributed by atoms with Crippen LogP contribution in [0.25, 0.3) is 33.0 Å². The van der Waals surface area contributed by atoms with Crippen molar-refractivity contribution < 1.29 is 0 Å². The number of hydrogen-bond acceptors (Lipinski definition) is 2. The lowest BCUT2D eigenvalue weighted by molar-refractivity contribution is 0.703. The molecular weight excluding hydrogens is 639 g/mol. The van der Waals surface area contributed by atoms with E-state index in [1.54, 1.807) is 15.7 Å². The summed E-state index contributed by atoms with van der Waals surface area (Å²) in [5, 5.41) is 4.21. The molecule has 2 aliphatic carbocycles. The molecule has 0 amide bonds. The molecule has 1 nitrogen and oxygen atoms in total. The molecule has 6 aromatic carbocycles. The van der Waals surface area contributed by atoms with Crippen molar-refractivity contribution >= 4 is 42.7 Å². The summed E-state index contributed by atoms with van der Waals surface area (Å²) >= 11 is 2.04. The van der Waals surface area contributed by atoms with Crippen LogP contribution < -0.4 is 4.90 Å². The van der Waals surface area contributed by atoms with Crippen molar-refractivity contribution in [3.8, 4) is 22.3 Å². The second kappa shape index (κ2) is 12.0. The largest absolute Gasteiger partial charge is 0.314 e. The van der Waals surface area contributed by atoms with E-state index in [4.69, 9.17) is 0 Å². The van der Waals surface area contributed by atoms with Crippen LogP contribution in [0.5, 0.6) is 0 Å². The zero-order valence-corrected chi connectivity index (χ0v) is 29.8. The molecular formula is C47H36NSSi. The van der Waals surface area contributed by atoms with Crippen LogP contribution in [0.3, 0.4) is 0 Å². The molecule has 10 rings (SSSR count). The van der Waals surface area contributed by atoms with Crippen LogP contribution in [0.15, 0.2) is 196 Å². The van der Waals surface area contributed by atoms with Gasteiger partial charge in [0.25, 0.3) is 0 Å². The molecule has 1 fully saturated rings. The highest BCUT2D eigenvalue weighted by atomic mass is 32.2. The summed E-state index contributed by atoms with van der Waals surface area (Å²) < 4.78 is 0. The minimum atomic E-state index is -0.773. The van der Waals surface area contributed by atoms with Crippen molar-refractivity contribution in [3.05, 3.63) is 197 Å². The Hall–Kier alpha value is -5.09. The first-order valence-electron chi connectivity index (χ1n) is 17.7. The molecule has 0 aromatic heterocycles. The normalized spacial score (nSPS) is 20.5. The summed E-state index contributed by atoms with van der Waals surface area (Å²) in [5.41, 5.74) is 12.4. The van der Waals surface area contributed by atoms with Gasteiger partial charge in [-0.2, -0.15) is 0 Å². The van der Waals surface area contributed by atoms with Crippen molar-refractivity contribution in [1.82, 2.24) is 0 Å². The maximum atomic E-state index is 2.63. The third-order valence-electron chi connectivity index (χ3n) is 11.1. The maximum absolute atomic E-state index is 2.63. The standard InChI is InChI=1S/C47H36NSSi/c1-50-43-17-9-15-41(45(43)46-44(50)29-28-40-39-14-7-8-16-42(39)49-47(40)46)48(37-24-20-33(21-25-37)31-10-3-2-4-11-31)38-26-22-34(23-27-38)36-19-18-32-12-5-6-13-35(32)30-36/h2-27,29-30,40,43,45H,28H2,1H3. The number of allylic oxidation sites excluding steroid dienone is 7. The number of fused-ring (bicyclic) bond motifs is 7. The Morgan fingerprint density at radius 3 is 2.06 bits per heavy atom. The van der Waals surface area contributed by atoms with Gasteiger partial charge in [0.05, 0.1) is 8.80 Å². The number of rotatable bonds is 5. The molecule has 4 aliphatic rings. The van der Waals surface area contributed by atoms with E-state index < -0.39 is 8.80 Å². The van der Waals surface area contributed by atoms with Crippen LogP contribution in [0.1, 0.15) is 17.9 Å². The van der Waals surface area contributed by atoms with Crippen LogP contribution in [0.2, 0.25) is 12.1 Å². The summed E-state index contributed by atoms with van der Waals surface area (Å²) in [6.45, 7) is 2.56. The number of nitrogens with zero attached hydrogens (tertiary/aromatic N) is 1. The van der Waals surface area contributed by atoms with Crippen molar-refractivity contribution in [1.29, 1.82) is 0 Å². The van der Waals surface area contributed by atoms with Crippen molar-refractivity contribution in [3.63, 3.8) is 0 Å². The predicted molar refractivity (Wildman–Crippen MR) is 214 cm³/mol. The van der Waals surface area contributed by atoms with E-state index in [2.05, 4.69) is 181 Å². The third-order valence-corrected chi connectivity index (χ3v) is 15.3. The van der Waals surface area contributed by atoms with Crippen LogP contribution in [-0.2, 0) is 0 Å². The molecule has 0 N–H and O–H groups in total. The van der Waals surface area contributed by atoms with Crippen molar-refractivity contribution in [2.75, 3.05) is 4.90 Å². The quantitative estimate of drug-likeness (QED) is 0.167. The topological polar surface area (TPSA) is 3.24 Å². The van der Waals surface area contributed by atoms with Crippen LogP contribution in [0, 0.1) is 5.92 Å². The third kappa shape index (κ3) is 4.83. The molecule has 1 saturated heterocycles. The Kier molecular flexibility index (Phi) is 7.18. The average molecular weight is 675 g/mol. The minimum absolute atomic E-state index is 0.332. The van der Waals surface area contributed by atoms with Crippen LogP contribution in [0.4, 0.5) is 11.4 Å². The minimum Gasteiger partial charge on any atom is -0.314 e. The zero-order valence-electron chi connectivity index (χ0n) is 28.0. The van der Waals surface area contributed by atoms with E-state index in [1.165, 1.54) is 60.6 Å². The molecule has 239 valence electrons. The number of anilines is 2. The smallest absolute Gasteiger partial charge is 0.0906 e. The lowest BCUT2D eigenvalue weighted by atomic mass is 9.81. The highest BCUT2D eigenvalue weighted by Gasteiger charge is 2.49. The highest BCUT2D eigenvalue weighted by molar-refractivity contribution is 8.03. The molecule has 0 bridgehead atoms. The first kappa shape index (κ1) is 29.8. The average Bonchev–Trinajstić information content (AvgIpc) is 3.71. The van der Waals surface area contributed by atoms with E-state index >= 15 is 0 Å². The summed E-state index contributed by atoms with van der Waals surface area (Å²) in [6.07, 6.45) is 11.0. The Balaban J connectivity index is 1.10. The van der Waals surface area contributed by atoms with Gasteiger partial charge in [0.2, 0.25) is 0 Å². The summed E-state index contributed by atoms with van der Waals surface area (Å²) in [7, 11) is -0.773. The fraction of sp³-hybridized carbons (Fsp3) is 0.106. The molecule has 2 heterocycles. The second-order valence-electron chi connectivity index (χ2n) is 13.8. The number of benzene rings is 6.